The van der Waals surface area contributed by atoms with Crippen molar-refractivity contribution in [1.29, 1.82) is 0 Å². The van der Waals surface area contributed by atoms with Crippen LogP contribution in [0.4, 0.5) is 23.8 Å². The van der Waals surface area contributed by atoms with Gasteiger partial charge in [-0.25, -0.2) is 14.8 Å². The van der Waals surface area contributed by atoms with Crippen LogP contribution >= 0.6 is 0 Å². The SMILES string of the molecule is CCOC(=O)Nc1nccc2nn(Cc3cnc(OCC(F)(F)F)c(C)c3)cc12. The fraction of sp³-hybridized carbons (Fsp3) is 0.333. The summed E-state index contributed by atoms with van der Waals surface area (Å²) in [5.74, 6) is 0.249. The second-order valence-corrected chi connectivity index (χ2v) is 6.13. The topological polar surface area (TPSA) is 91.2 Å². The fourth-order valence-corrected chi connectivity index (χ4v) is 2.63. The van der Waals surface area contributed by atoms with Crippen molar-refractivity contribution < 1.29 is 27.4 Å². The number of ether oxygens (including phenoxy) is 2. The molecular formula is C18H18F3N5O3. The highest BCUT2D eigenvalue weighted by Gasteiger charge is 2.29. The van der Waals surface area contributed by atoms with Crippen LogP contribution in [-0.4, -0.2) is 45.2 Å². The number of anilines is 1. The lowest BCUT2D eigenvalue weighted by Gasteiger charge is -2.11. The van der Waals surface area contributed by atoms with E-state index in [4.69, 9.17) is 9.47 Å². The monoisotopic (exact) mass is 409 g/mol. The van der Waals surface area contributed by atoms with Crippen LogP contribution in [-0.2, 0) is 11.3 Å². The molecule has 3 aromatic heterocycles. The minimum Gasteiger partial charge on any atom is -0.468 e. The van der Waals surface area contributed by atoms with Gasteiger partial charge in [-0.1, -0.05) is 0 Å². The molecule has 0 aliphatic carbocycles. The highest BCUT2D eigenvalue weighted by Crippen LogP contribution is 2.23. The normalized spacial score (nSPS) is 11.5. The number of aromatic nitrogens is 4. The lowest BCUT2D eigenvalue weighted by Crippen LogP contribution is -2.20. The summed E-state index contributed by atoms with van der Waals surface area (Å²) in [5, 5.41) is 7.60. The Morgan fingerprint density at radius 1 is 1.31 bits per heavy atom. The summed E-state index contributed by atoms with van der Waals surface area (Å²) in [5.41, 5.74) is 1.82. The number of amides is 1. The molecule has 0 fully saturated rings. The molecule has 0 aliphatic rings. The van der Waals surface area contributed by atoms with Crippen LogP contribution < -0.4 is 10.1 Å². The molecule has 0 radical (unpaired) electrons. The summed E-state index contributed by atoms with van der Waals surface area (Å²) in [4.78, 5) is 19.7. The summed E-state index contributed by atoms with van der Waals surface area (Å²) < 4.78 is 48.1. The molecule has 0 saturated heterocycles. The number of halogens is 3. The van der Waals surface area contributed by atoms with Gasteiger partial charge in [-0.2, -0.15) is 18.3 Å². The zero-order chi connectivity index (χ0) is 21.0. The molecule has 11 heteroatoms. The van der Waals surface area contributed by atoms with E-state index in [-0.39, 0.29) is 12.5 Å². The standard InChI is InChI=1S/C18H18F3N5O3/c1-3-28-17(27)24-15-13-9-26(25-14(13)4-5-22-15)8-12-6-11(2)16(23-7-12)29-10-18(19,20)21/h4-7,9H,3,8,10H2,1-2H3,(H,22,24,27). The molecule has 0 spiro atoms. The Bertz CT molecular complexity index is 1020. The first-order valence-corrected chi connectivity index (χ1v) is 8.66. The highest BCUT2D eigenvalue weighted by molar-refractivity contribution is 5.96. The molecule has 29 heavy (non-hydrogen) atoms. The van der Waals surface area contributed by atoms with Gasteiger partial charge in [-0.3, -0.25) is 10.00 Å². The molecule has 1 amide bonds. The molecule has 0 saturated carbocycles. The third kappa shape index (κ3) is 5.33. The number of hydrogen-bond donors (Lipinski definition) is 1. The van der Waals surface area contributed by atoms with E-state index in [0.29, 0.717) is 28.8 Å². The predicted octanol–water partition coefficient (Wildman–Crippen LogP) is 3.69. The predicted molar refractivity (Wildman–Crippen MR) is 97.8 cm³/mol. The number of nitrogens with zero attached hydrogens (tertiary/aromatic N) is 4. The van der Waals surface area contributed by atoms with Gasteiger partial charge in [-0.15, -0.1) is 0 Å². The average molecular weight is 409 g/mol. The number of nitrogens with one attached hydrogen (secondary N) is 1. The van der Waals surface area contributed by atoms with E-state index in [0.717, 1.165) is 5.56 Å². The molecule has 1 N–H and O–H groups in total. The van der Waals surface area contributed by atoms with Crippen molar-refractivity contribution in [1.82, 2.24) is 19.7 Å². The largest absolute Gasteiger partial charge is 0.468 e. The Balaban J connectivity index is 1.76. The Morgan fingerprint density at radius 2 is 2.10 bits per heavy atom. The molecule has 0 aromatic carbocycles. The van der Waals surface area contributed by atoms with E-state index >= 15 is 0 Å². The number of alkyl halides is 3. The number of pyridine rings is 2. The minimum atomic E-state index is -4.43. The molecule has 3 aromatic rings. The third-order valence-corrected chi connectivity index (χ3v) is 3.78. The summed E-state index contributed by atoms with van der Waals surface area (Å²) >= 11 is 0. The minimum absolute atomic E-state index is 0.0678. The Kier molecular flexibility index (Phi) is 5.85. The van der Waals surface area contributed by atoms with Crippen molar-refractivity contribution in [2.24, 2.45) is 0 Å². The van der Waals surface area contributed by atoms with E-state index in [1.54, 1.807) is 36.9 Å². The van der Waals surface area contributed by atoms with Gasteiger partial charge in [0.05, 0.1) is 24.1 Å². The van der Waals surface area contributed by atoms with Crippen LogP contribution in [0.1, 0.15) is 18.1 Å². The van der Waals surface area contributed by atoms with Crippen LogP contribution in [0.5, 0.6) is 5.88 Å². The van der Waals surface area contributed by atoms with Crippen molar-refractivity contribution in [3.63, 3.8) is 0 Å². The fourth-order valence-electron chi connectivity index (χ4n) is 2.63. The first-order chi connectivity index (χ1) is 13.7. The maximum atomic E-state index is 12.3. The molecule has 0 aliphatic heterocycles. The summed E-state index contributed by atoms with van der Waals surface area (Å²) in [6.45, 7) is 2.47. The summed E-state index contributed by atoms with van der Waals surface area (Å²) in [7, 11) is 0. The zero-order valence-corrected chi connectivity index (χ0v) is 15.7. The van der Waals surface area contributed by atoms with Crippen molar-refractivity contribution >= 4 is 22.8 Å². The maximum Gasteiger partial charge on any atom is 0.422 e. The van der Waals surface area contributed by atoms with Gasteiger partial charge in [0, 0.05) is 24.2 Å². The first kappa shape index (κ1) is 20.4. The Hall–Kier alpha value is -3.37. The van der Waals surface area contributed by atoms with E-state index in [9.17, 15) is 18.0 Å². The highest BCUT2D eigenvalue weighted by atomic mass is 19.4. The second-order valence-electron chi connectivity index (χ2n) is 6.13. The molecule has 0 bridgehead atoms. The van der Waals surface area contributed by atoms with Crippen molar-refractivity contribution in [2.75, 3.05) is 18.5 Å². The van der Waals surface area contributed by atoms with Crippen molar-refractivity contribution in [3.8, 4) is 5.88 Å². The Labute approximate surface area is 163 Å². The van der Waals surface area contributed by atoms with E-state index in [1.807, 2.05) is 0 Å². The molecular weight excluding hydrogens is 391 g/mol. The Morgan fingerprint density at radius 3 is 2.79 bits per heavy atom. The summed E-state index contributed by atoms with van der Waals surface area (Å²) in [6, 6.07) is 3.38. The molecule has 0 atom stereocenters. The van der Waals surface area contributed by atoms with Crippen LogP contribution in [0.2, 0.25) is 0 Å². The number of aryl methyl sites for hydroxylation is 1. The number of hydrogen-bond acceptors (Lipinski definition) is 6. The van der Waals surface area contributed by atoms with Gasteiger partial charge in [0.1, 0.15) is 5.82 Å². The summed E-state index contributed by atoms with van der Waals surface area (Å²) in [6.07, 6.45) is -0.395. The molecule has 154 valence electrons. The van der Waals surface area contributed by atoms with Crippen molar-refractivity contribution in [3.05, 3.63) is 41.9 Å². The lowest BCUT2D eigenvalue weighted by molar-refractivity contribution is -0.154. The van der Waals surface area contributed by atoms with E-state index < -0.39 is 18.9 Å². The van der Waals surface area contributed by atoms with Crippen LogP contribution in [0.25, 0.3) is 10.9 Å². The first-order valence-electron chi connectivity index (χ1n) is 8.66. The number of carbonyl (C=O) groups is 1. The molecule has 3 heterocycles. The van der Waals surface area contributed by atoms with Gasteiger partial charge in [0.25, 0.3) is 0 Å². The van der Waals surface area contributed by atoms with E-state index in [2.05, 4.69) is 20.4 Å². The lowest BCUT2D eigenvalue weighted by atomic mass is 10.2. The quantitative estimate of drug-likeness (QED) is 0.668. The molecule has 8 nitrogen and oxygen atoms in total. The van der Waals surface area contributed by atoms with Gasteiger partial charge >= 0.3 is 12.3 Å². The van der Waals surface area contributed by atoms with Gasteiger partial charge in [-0.05, 0) is 31.5 Å². The number of rotatable bonds is 6. The van der Waals surface area contributed by atoms with Crippen LogP contribution in [0.3, 0.4) is 0 Å². The molecule has 0 unspecified atom stereocenters. The van der Waals surface area contributed by atoms with Gasteiger partial charge in [0.15, 0.2) is 6.61 Å². The second kappa shape index (κ2) is 8.33. The number of fused-ring (bicyclic) bond motifs is 1. The van der Waals surface area contributed by atoms with Crippen LogP contribution in [0.15, 0.2) is 30.7 Å². The van der Waals surface area contributed by atoms with Crippen LogP contribution in [0, 0.1) is 6.92 Å². The van der Waals surface area contributed by atoms with Crippen molar-refractivity contribution in [2.45, 2.75) is 26.6 Å². The van der Waals surface area contributed by atoms with Gasteiger partial charge < -0.3 is 9.47 Å². The smallest absolute Gasteiger partial charge is 0.422 e. The number of carbonyl (C=O) groups excluding carboxylic acids is 1. The average Bonchev–Trinajstić information content (AvgIpc) is 3.04. The zero-order valence-electron chi connectivity index (χ0n) is 15.7. The third-order valence-electron chi connectivity index (χ3n) is 3.78. The molecule has 3 rings (SSSR count). The van der Waals surface area contributed by atoms with E-state index in [1.165, 1.54) is 12.4 Å². The maximum absolute atomic E-state index is 12.3. The van der Waals surface area contributed by atoms with Gasteiger partial charge in [0.2, 0.25) is 5.88 Å².